The van der Waals surface area contributed by atoms with Gasteiger partial charge in [0, 0.05) is 19.5 Å². The van der Waals surface area contributed by atoms with E-state index >= 15 is 0 Å². The zero-order chi connectivity index (χ0) is 17.3. The van der Waals surface area contributed by atoms with Crippen LogP contribution in [-0.2, 0) is 6.54 Å². The lowest BCUT2D eigenvalue weighted by Crippen LogP contribution is -2.35. The van der Waals surface area contributed by atoms with Crippen molar-refractivity contribution < 1.29 is 4.79 Å². The summed E-state index contributed by atoms with van der Waals surface area (Å²) in [7, 11) is 0. The molecule has 0 heterocycles. The monoisotopic (exact) mass is 329 g/mol. The average Bonchev–Trinajstić information content (AvgIpc) is 2.68. The number of hydrogen-bond donors (Lipinski definition) is 2. The quantitative estimate of drug-likeness (QED) is 0.691. The third-order valence-corrected chi connectivity index (χ3v) is 3.91. The molecule has 0 unspecified atom stereocenters. The van der Waals surface area contributed by atoms with Gasteiger partial charge in [-0.05, 0) is 22.3 Å². The van der Waals surface area contributed by atoms with Gasteiger partial charge in [0.25, 0.3) is 0 Å². The number of benzene rings is 3. The fraction of sp³-hybridized carbons (Fsp3) is 0.0909. The van der Waals surface area contributed by atoms with Gasteiger partial charge in [-0.3, -0.25) is 0 Å². The van der Waals surface area contributed by atoms with Crippen molar-refractivity contribution in [1.29, 1.82) is 0 Å². The van der Waals surface area contributed by atoms with Gasteiger partial charge >= 0.3 is 6.03 Å². The fourth-order valence-corrected chi connectivity index (χ4v) is 2.54. The molecule has 125 valence electrons. The molecule has 3 aromatic carbocycles. The molecule has 3 aromatic rings. The van der Waals surface area contributed by atoms with Gasteiger partial charge < -0.3 is 10.6 Å². The van der Waals surface area contributed by atoms with Gasteiger partial charge in [0.2, 0.25) is 0 Å². The number of hydrogen-bond acceptors (Lipinski definition) is 1. The second-order valence-corrected chi connectivity index (χ2v) is 5.74. The summed E-state index contributed by atoms with van der Waals surface area (Å²) in [5, 5.41) is 5.69. The Morgan fingerprint density at radius 2 is 1.32 bits per heavy atom. The second kappa shape index (κ2) is 8.69. The maximum Gasteiger partial charge on any atom is 0.315 e. The zero-order valence-electron chi connectivity index (χ0n) is 14.0. The van der Waals surface area contributed by atoms with Crippen LogP contribution in [0, 0.1) is 6.42 Å². The Labute approximate surface area is 148 Å². The summed E-state index contributed by atoms with van der Waals surface area (Å²) in [6.07, 6.45) is 2.00. The van der Waals surface area contributed by atoms with Crippen LogP contribution in [0.15, 0.2) is 84.9 Å². The molecule has 0 aliphatic heterocycles. The number of urea groups is 1. The highest BCUT2D eigenvalue weighted by atomic mass is 16.2. The first-order valence-electron chi connectivity index (χ1n) is 8.35. The smallest absolute Gasteiger partial charge is 0.315 e. The molecular formula is C22H21N2O. The number of nitrogens with one attached hydrogen (secondary N) is 2. The van der Waals surface area contributed by atoms with Gasteiger partial charge in [0.15, 0.2) is 0 Å². The predicted molar refractivity (Wildman–Crippen MR) is 102 cm³/mol. The van der Waals surface area contributed by atoms with Crippen LogP contribution in [0.3, 0.4) is 0 Å². The first kappa shape index (κ1) is 16.8. The Hall–Kier alpha value is -3.07. The van der Waals surface area contributed by atoms with Gasteiger partial charge in [-0.15, -0.1) is 0 Å². The van der Waals surface area contributed by atoms with Crippen molar-refractivity contribution in [3.8, 4) is 11.1 Å². The molecule has 0 atom stereocenters. The van der Waals surface area contributed by atoms with Gasteiger partial charge in [0.1, 0.15) is 0 Å². The summed E-state index contributed by atoms with van der Waals surface area (Å²) in [5.41, 5.74) is 4.56. The van der Waals surface area contributed by atoms with E-state index in [0.717, 1.165) is 11.1 Å². The van der Waals surface area contributed by atoms with Crippen LogP contribution >= 0.6 is 0 Å². The number of amides is 2. The molecule has 0 aromatic heterocycles. The summed E-state index contributed by atoms with van der Waals surface area (Å²) in [6, 6.07) is 28.3. The van der Waals surface area contributed by atoms with Crippen molar-refractivity contribution in [3.05, 3.63) is 102 Å². The van der Waals surface area contributed by atoms with E-state index < -0.39 is 0 Å². The maximum absolute atomic E-state index is 11.8. The Balaban J connectivity index is 1.42. The lowest BCUT2D eigenvalue weighted by atomic mass is 10.0. The molecule has 1 radical (unpaired) electrons. The van der Waals surface area contributed by atoms with E-state index in [-0.39, 0.29) is 6.03 Å². The standard InChI is InChI=1S/C22H21N2O/c25-22(24-17-19-7-3-1-4-8-19)23-16-15-18-11-13-21(14-12-18)20-9-5-2-6-10-20/h1-15H,16-17H2,(H2,23,24,25). The van der Waals surface area contributed by atoms with Crippen LogP contribution in [-0.4, -0.2) is 12.6 Å². The summed E-state index contributed by atoms with van der Waals surface area (Å²) in [5.74, 6) is 0. The highest BCUT2D eigenvalue weighted by Gasteiger charge is 2.01. The van der Waals surface area contributed by atoms with Gasteiger partial charge in [-0.25, -0.2) is 4.79 Å². The molecule has 0 fully saturated rings. The minimum Gasteiger partial charge on any atom is -0.338 e. The minimum atomic E-state index is -0.166. The van der Waals surface area contributed by atoms with E-state index in [2.05, 4.69) is 47.0 Å². The third kappa shape index (κ3) is 5.21. The van der Waals surface area contributed by atoms with Gasteiger partial charge in [0.05, 0.1) is 0 Å². The molecule has 0 saturated carbocycles. The molecule has 25 heavy (non-hydrogen) atoms. The van der Waals surface area contributed by atoms with E-state index in [4.69, 9.17) is 0 Å². The highest BCUT2D eigenvalue weighted by Crippen LogP contribution is 2.19. The molecule has 0 bridgehead atoms. The Morgan fingerprint density at radius 3 is 2.00 bits per heavy atom. The van der Waals surface area contributed by atoms with Crippen molar-refractivity contribution in [2.75, 3.05) is 6.54 Å². The molecule has 0 aliphatic rings. The SMILES string of the molecule is O=C(NC[CH]c1ccc(-c2ccccc2)cc1)NCc1ccccc1. The fourth-order valence-electron chi connectivity index (χ4n) is 2.54. The first-order chi connectivity index (χ1) is 12.3. The molecule has 3 nitrogen and oxygen atoms in total. The van der Waals surface area contributed by atoms with E-state index in [1.807, 2.05) is 55.0 Å². The van der Waals surface area contributed by atoms with Crippen LogP contribution < -0.4 is 10.6 Å². The molecule has 3 rings (SSSR count). The third-order valence-electron chi connectivity index (χ3n) is 3.91. The topological polar surface area (TPSA) is 41.1 Å². The number of carbonyl (C=O) groups is 1. The Morgan fingerprint density at radius 1 is 0.720 bits per heavy atom. The molecule has 2 amide bonds. The summed E-state index contributed by atoms with van der Waals surface area (Å²) >= 11 is 0. The van der Waals surface area contributed by atoms with Crippen LogP contribution in [0.2, 0.25) is 0 Å². The minimum absolute atomic E-state index is 0.166. The molecule has 0 aliphatic carbocycles. The second-order valence-electron chi connectivity index (χ2n) is 5.74. The Bertz CT molecular complexity index is 783. The van der Waals surface area contributed by atoms with Crippen molar-refractivity contribution in [3.63, 3.8) is 0 Å². The van der Waals surface area contributed by atoms with Crippen LogP contribution in [0.4, 0.5) is 4.79 Å². The maximum atomic E-state index is 11.8. The lowest BCUT2D eigenvalue weighted by Gasteiger charge is -2.08. The van der Waals surface area contributed by atoms with Gasteiger partial charge in [-0.1, -0.05) is 84.9 Å². The molecule has 0 saturated heterocycles. The van der Waals surface area contributed by atoms with E-state index in [9.17, 15) is 4.79 Å². The molecule has 3 heteroatoms. The van der Waals surface area contributed by atoms with Crippen molar-refractivity contribution in [2.24, 2.45) is 0 Å². The van der Waals surface area contributed by atoms with E-state index in [0.29, 0.717) is 13.1 Å². The normalized spacial score (nSPS) is 10.2. The zero-order valence-corrected chi connectivity index (χ0v) is 14.0. The highest BCUT2D eigenvalue weighted by molar-refractivity contribution is 5.74. The van der Waals surface area contributed by atoms with Crippen molar-refractivity contribution >= 4 is 6.03 Å². The van der Waals surface area contributed by atoms with Crippen LogP contribution in [0.25, 0.3) is 11.1 Å². The molecular weight excluding hydrogens is 308 g/mol. The largest absolute Gasteiger partial charge is 0.338 e. The first-order valence-corrected chi connectivity index (χ1v) is 8.35. The number of carbonyl (C=O) groups excluding carboxylic acids is 1. The Kier molecular flexibility index (Phi) is 5.83. The van der Waals surface area contributed by atoms with Crippen LogP contribution in [0.1, 0.15) is 11.1 Å². The summed E-state index contributed by atoms with van der Waals surface area (Å²) < 4.78 is 0. The van der Waals surface area contributed by atoms with Crippen molar-refractivity contribution in [2.45, 2.75) is 6.54 Å². The van der Waals surface area contributed by atoms with Gasteiger partial charge in [-0.2, -0.15) is 0 Å². The lowest BCUT2D eigenvalue weighted by molar-refractivity contribution is 0.241. The molecule has 0 spiro atoms. The summed E-state index contributed by atoms with van der Waals surface area (Å²) in [6.45, 7) is 1.02. The number of rotatable bonds is 6. The predicted octanol–water partition coefficient (Wildman–Crippen LogP) is 4.41. The van der Waals surface area contributed by atoms with E-state index in [1.165, 1.54) is 11.1 Å². The summed E-state index contributed by atoms with van der Waals surface area (Å²) in [4.78, 5) is 11.8. The van der Waals surface area contributed by atoms with Crippen LogP contribution in [0.5, 0.6) is 0 Å². The average molecular weight is 329 g/mol. The molecule has 2 N–H and O–H groups in total. The van der Waals surface area contributed by atoms with E-state index in [1.54, 1.807) is 0 Å². The van der Waals surface area contributed by atoms with Crippen molar-refractivity contribution in [1.82, 2.24) is 10.6 Å².